The van der Waals surface area contributed by atoms with Crippen molar-refractivity contribution in [3.05, 3.63) is 54.4 Å². The van der Waals surface area contributed by atoms with E-state index in [0.717, 1.165) is 29.7 Å². The maximum atomic E-state index is 13.1. The predicted molar refractivity (Wildman–Crippen MR) is 121 cm³/mol. The van der Waals surface area contributed by atoms with Crippen molar-refractivity contribution in [3.63, 3.8) is 0 Å². The summed E-state index contributed by atoms with van der Waals surface area (Å²) in [6, 6.07) is 13.3. The smallest absolute Gasteiger partial charge is 0.247 e. The first kappa shape index (κ1) is 20.8. The van der Waals surface area contributed by atoms with Crippen LogP contribution in [0, 0.1) is 22.7 Å². The largest absolute Gasteiger partial charge is 0.311 e. The van der Waals surface area contributed by atoms with E-state index in [1.54, 1.807) is 35.0 Å². The number of nitrogens with one attached hydrogen (secondary N) is 1. The van der Waals surface area contributed by atoms with E-state index in [1.165, 1.54) is 0 Å². The van der Waals surface area contributed by atoms with Crippen LogP contribution in [0.15, 0.2) is 48.8 Å². The third-order valence-electron chi connectivity index (χ3n) is 6.34. The number of amides is 2. The van der Waals surface area contributed by atoms with Crippen LogP contribution in [-0.2, 0) is 23.1 Å². The van der Waals surface area contributed by atoms with E-state index in [0.29, 0.717) is 24.5 Å². The zero-order valence-corrected chi connectivity index (χ0v) is 18.2. The number of pyridine rings is 1. The van der Waals surface area contributed by atoms with Crippen molar-refractivity contribution < 1.29 is 9.59 Å². The van der Waals surface area contributed by atoms with E-state index in [1.807, 2.05) is 30.5 Å². The van der Waals surface area contributed by atoms with Crippen LogP contribution >= 0.6 is 0 Å². The molecule has 0 bridgehead atoms. The first-order valence-electron chi connectivity index (χ1n) is 10.9. The molecule has 3 heterocycles. The van der Waals surface area contributed by atoms with Crippen LogP contribution in [0.2, 0.25) is 0 Å². The van der Waals surface area contributed by atoms with Crippen LogP contribution in [0.1, 0.15) is 24.8 Å². The molecule has 2 aromatic heterocycles. The Kier molecular flexibility index (Phi) is 5.13. The van der Waals surface area contributed by atoms with Crippen LogP contribution in [0.5, 0.6) is 0 Å². The van der Waals surface area contributed by atoms with Gasteiger partial charge in [-0.2, -0.15) is 5.26 Å². The molecule has 5 rings (SSSR count). The lowest BCUT2D eigenvalue weighted by atomic mass is 9.83. The first-order chi connectivity index (χ1) is 16.0. The zero-order valence-electron chi connectivity index (χ0n) is 18.2. The highest BCUT2D eigenvalue weighted by Gasteiger charge is 2.56. The molecule has 1 saturated heterocycles. The molecule has 0 spiro atoms. The Balaban J connectivity index is 1.27. The number of carbonyl (C=O) groups is 2. The second-order valence-corrected chi connectivity index (χ2v) is 8.67. The average molecular weight is 441 g/mol. The van der Waals surface area contributed by atoms with E-state index >= 15 is 0 Å². The molecule has 1 N–H and O–H groups in total. The molecule has 3 aromatic rings. The molecule has 1 saturated carbocycles. The Morgan fingerprint density at radius 3 is 2.88 bits per heavy atom. The van der Waals surface area contributed by atoms with Crippen molar-refractivity contribution in [1.82, 2.24) is 20.0 Å². The molecule has 9 heteroatoms. The van der Waals surface area contributed by atoms with Crippen LogP contribution in [-0.4, -0.2) is 38.3 Å². The van der Waals surface area contributed by atoms with Crippen LogP contribution in [0.4, 0.5) is 11.5 Å². The number of anilines is 2. The summed E-state index contributed by atoms with van der Waals surface area (Å²) in [6.45, 7) is 0.495. The highest BCUT2D eigenvalue weighted by molar-refractivity contribution is 6.02. The van der Waals surface area contributed by atoms with Crippen molar-refractivity contribution in [3.8, 4) is 17.3 Å². The minimum absolute atomic E-state index is 0.142. The van der Waals surface area contributed by atoms with Gasteiger partial charge in [0.1, 0.15) is 16.9 Å². The number of aryl methyl sites for hydroxylation is 1. The van der Waals surface area contributed by atoms with Crippen molar-refractivity contribution in [1.29, 1.82) is 5.26 Å². The monoisotopic (exact) mass is 441 g/mol. The van der Waals surface area contributed by atoms with Crippen molar-refractivity contribution in [2.75, 3.05) is 16.8 Å². The second kappa shape index (κ2) is 8.13. The summed E-state index contributed by atoms with van der Waals surface area (Å²) in [7, 11) is 1.80. The minimum Gasteiger partial charge on any atom is -0.311 e. The fourth-order valence-corrected chi connectivity index (χ4v) is 4.48. The molecule has 1 aromatic carbocycles. The van der Waals surface area contributed by atoms with Gasteiger partial charge in [-0.3, -0.25) is 14.3 Å². The number of rotatable bonds is 6. The van der Waals surface area contributed by atoms with E-state index in [-0.39, 0.29) is 24.2 Å². The third-order valence-corrected chi connectivity index (χ3v) is 6.34. The molecule has 2 fully saturated rings. The summed E-state index contributed by atoms with van der Waals surface area (Å²) in [6.07, 6.45) is 5.96. The fraction of sp³-hybridized carbons (Fsp3) is 0.333. The number of hydrogen-bond acceptors (Lipinski definition) is 6. The molecule has 33 heavy (non-hydrogen) atoms. The number of nitriles is 1. The summed E-state index contributed by atoms with van der Waals surface area (Å²) in [4.78, 5) is 31.6. The SMILES string of the molecule is Cn1cc(-c2cccc(CC(=O)Nc3cc(N4CC[C@@](C#N)(C5CC5)C4=O)ccn3)c2)nn1. The molecule has 0 radical (unpaired) electrons. The van der Waals surface area contributed by atoms with Crippen LogP contribution < -0.4 is 10.2 Å². The number of benzene rings is 1. The first-order valence-corrected chi connectivity index (χ1v) is 10.9. The second-order valence-electron chi connectivity index (χ2n) is 8.67. The summed E-state index contributed by atoms with van der Waals surface area (Å²) >= 11 is 0. The zero-order chi connectivity index (χ0) is 23.0. The van der Waals surface area contributed by atoms with Gasteiger partial charge < -0.3 is 10.2 Å². The summed E-state index contributed by atoms with van der Waals surface area (Å²) in [5, 5.41) is 20.6. The van der Waals surface area contributed by atoms with Crippen molar-refractivity contribution in [2.45, 2.75) is 25.7 Å². The maximum absolute atomic E-state index is 13.1. The van der Waals surface area contributed by atoms with Crippen LogP contribution in [0.3, 0.4) is 0 Å². The van der Waals surface area contributed by atoms with Gasteiger partial charge in [-0.25, -0.2) is 4.98 Å². The lowest BCUT2D eigenvalue weighted by Crippen LogP contribution is -2.35. The van der Waals surface area contributed by atoms with Crippen LogP contribution in [0.25, 0.3) is 11.3 Å². The molecule has 2 aliphatic rings. The standard InChI is InChI=1S/C24H23N7O2/c1-30-14-20(28-29-30)17-4-2-3-16(11-17)12-22(32)27-21-13-19(7-9-26-21)31-10-8-24(15-25,23(31)33)18-5-6-18/h2-4,7,9,11,13-14,18H,5-6,8,10,12H2,1H3,(H,26,27,32)/t24-/m1/s1. The lowest BCUT2D eigenvalue weighted by Gasteiger charge is -2.21. The topological polar surface area (TPSA) is 117 Å². The number of hydrogen-bond donors (Lipinski definition) is 1. The van der Waals surface area contributed by atoms with Gasteiger partial charge in [-0.1, -0.05) is 23.4 Å². The van der Waals surface area contributed by atoms with Gasteiger partial charge in [-0.05, 0) is 42.9 Å². The minimum atomic E-state index is -0.902. The quantitative estimate of drug-likeness (QED) is 0.629. The Labute approximate surface area is 191 Å². The van der Waals surface area contributed by atoms with Crippen molar-refractivity contribution >= 4 is 23.3 Å². The summed E-state index contributed by atoms with van der Waals surface area (Å²) in [5.74, 6) is 0.180. The molecule has 9 nitrogen and oxygen atoms in total. The van der Waals surface area contributed by atoms with Gasteiger partial charge in [0, 0.05) is 37.1 Å². The van der Waals surface area contributed by atoms with E-state index in [9.17, 15) is 14.9 Å². The average Bonchev–Trinajstić information content (AvgIpc) is 3.48. The van der Waals surface area contributed by atoms with Gasteiger partial charge in [0.2, 0.25) is 11.8 Å². The number of carbonyl (C=O) groups excluding carboxylic acids is 2. The van der Waals surface area contributed by atoms with Gasteiger partial charge in [0.05, 0.1) is 18.7 Å². The normalized spacial score (nSPS) is 20.0. The van der Waals surface area contributed by atoms with Gasteiger partial charge >= 0.3 is 0 Å². The molecular formula is C24H23N7O2. The fourth-order valence-electron chi connectivity index (χ4n) is 4.48. The Bertz CT molecular complexity index is 1270. The highest BCUT2D eigenvalue weighted by Crippen LogP contribution is 2.51. The molecule has 2 amide bonds. The Morgan fingerprint density at radius 1 is 1.30 bits per heavy atom. The molecule has 1 aliphatic heterocycles. The Hall–Kier alpha value is -4.06. The molecule has 0 unspecified atom stereocenters. The van der Waals surface area contributed by atoms with E-state index in [4.69, 9.17) is 0 Å². The predicted octanol–water partition coefficient (Wildman–Crippen LogP) is 2.71. The van der Waals surface area contributed by atoms with Gasteiger partial charge in [-0.15, -0.1) is 5.10 Å². The number of aromatic nitrogens is 4. The molecule has 1 aliphatic carbocycles. The Morgan fingerprint density at radius 2 is 2.15 bits per heavy atom. The maximum Gasteiger partial charge on any atom is 0.247 e. The van der Waals surface area contributed by atoms with Gasteiger partial charge in [0.25, 0.3) is 0 Å². The third kappa shape index (κ3) is 3.96. The summed E-state index contributed by atoms with van der Waals surface area (Å²) in [5.41, 5.74) is 2.21. The molecule has 166 valence electrons. The lowest BCUT2D eigenvalue weighted by molar-refractivity contribution is -0.123. The molecule has 1 atom stereocenters. The van der Waals surface area contributed by atoms with E-state index < -0.39 is 5.41 Å². The van der Waals surface area contributed by atoms with Gasteiger partial charge in [0.15, 0.2) is 0 Å². The molecular weight excluding hydrogens is 418 g/mol. The van der Waals surface area contributed by atoms with Crippen molar-refractivity contribution in [2.24, 2.45) is 18.4 Å². The van der Waals surface area contributed by atoms with E-state index in [2.05, 4.69) is 26.7 Å². The highest BCUT2D eigenvalue weighted by atomic mass is 16.2. The number of nitrogens with zero attached hydrogens (tertiary/aromatic N) is 6. The summed E-state index contributed by atoms with van der Waals surface area (Å²) < 4.78 is 1.63.